The molecule has 0 saturated carbocycles. The summed E-state index contributed by atoms with van der Waals surface area (Å²) in [7, 11) is 0. The molecule has 0 radical (unpaired) electrons. The average Bonchev–Trinajstić information content (AvgIpc) is 3.34. The van der Waals surface area contributed by atoms with E-state index in [4.69, 9.17) is 0 Å². The summed E-state index contributed by atoms with van der Waals surface area (Å²) in [5.74, 6) is 0.0778. The van der Waals surface area contributed by atoms with Crippen molar-refractivity contribution in [2.24, 2.45) is 0 Å². The number of hydrogen-bond acceptors (Lipinski definition) is 4. The molecule has 25 heavy (non-hydrogen) atoms. The number of hydrogen-bond donors (Lipinski definition) is 0. The summed E-state index contributed by atoms with van der Waals surface area (Å²) in [6, 6.07) is 15.9. The molecule has 6 nitrogen and oxygen atoms in total. The highest BCUT2D eigenvalue weighted by Gasteiger charge is 2.31. The number of rotatable bonds is 3. The van der Waals surface area contributed by atoms with E-state index in [9.17, 15) is 4.79 Å². The van der Waals surface area contributed by atoms with Crippen LogP contribution in [0.3, 0.4) is 0 Å². The number of tetrazole rings is 1. The van der Waals surface area contributed by atoms with Crippen LogP contribution in [0.5, 0.6) is 0 Å². The van der Waals surface area contributed by atoms with Crippen LogP contribution in [0.15, 0.2) is 54.9 Å². The second kappa shape index (κ2) is 6.47. The molecule has 126 valence electrons. The van der Waals surface area contributed by atoms with Gasteiger partial charge in [0.25, 0.3) is 5.91 Å². The molecule has 2 aromatic carbocycles. The van der Waals surface area contributed by atoms with Crippen molar-refractivity contribution in [3.8, 4) is 5.69 Å². The third kappa shape index (κ3) is 2.91. The zero-order chi connectivity index (χ0) is 17.2. The van der Waals surface area contributed by atoms with E-state index in [2.05, 4.69) is 34.6 Å². The molecule has 6 heteroatoms. The van der Waals surface area contributed by atoms with Crippen LogP contribution in [0.1, 0.15) is 40.4 Å². The van der Waals surface area contributed by atoms with E-state index in [1.165, 1.54) is 17.5 Å². The van der Waals surface area contributed by atoms with Crippen molar-refractivity contribution in [1.29, 1.82) is 0 Å². The van der Waals surface area contributed by atoms with Gasteiger partial charge in [-0.2, -0.15) is 0 Å². The second-order valence-corrected chi connectivity index (χ2v) is 6.31. The molecular formula is C19H19N5O. The number of aryl methyl sites for hydroxylation is 1. The third-order valence-corrected chi connectivity index (χ3v) is 4.79. The van der Waals surface area contributed by atoms with E-state index >= 15 is 0 Å². The number of aromatic nitrogens is 4. The Labute approximate surface area is 146 Å². The van der Waals surface area contributed by atoms with Gasteiger partial charge in [-0.25, -0.2) is 4.68 Å². The van der Waals surface area contributed by atoms with Gasteiger partial charge in [-0.1, -0.05) is 24.3 Å². The van der Waals surface area contributed by atoms with E-state index in [1.54, 1.807) is 4.68 Å². The average molecular weight is 333 g/mol. The van der Waals surface area contributed by atoms with E-state index < -0.39 is 0 Å². The zero-order valence-corrected chi connectivity index (χ0v) is 14.0. The molecule has 3 aromatic rings. The highest BCUT2D eigenvalue weighted by Crippen LogP contribution is 2.34. The lowest BCUT2D eigenvalue weighted by molar-refractivity contribution is 0.0735. The van der Waals surface area contributed by atoms with Gasteiger partial charge in [0.1, 0.15) is 6.33 Å². The van der Waals surface area contributed by atoms with Gasteiger partial charge in [-0.15, -0.1) is 5.10 Å². The molecule has 1 saturated heterocycles. The summed E-state index contributed by atoms with van der Waals surface area (Å²) in [5, 5.41) is 11.1. The Bertz CT molecular complexity index is 873. The van der Waals surface area contributed by atoms with Gasteiger partial charge in [0.15, 0.2) is 0 Å². The van der Waals surface area contributed by atoms with Gasteiger partial charge in [0, 0.05) is 12.1 Å². The molecule has 1 aromatic heterocycles. The predicted octanol–water partition coefficient (Wildman–Crippen LogP) is 2.95. The predicted molar refractivity (Wildman–Crippen MR) is 93.3 cm³/mol. The van der Waals surface area contributed by atoms with E-state index in [-0.39, 0.29) is 11.9 Å². The minimum atomic E-state index is 0.0778. The van der Waals surface area contributed by atoms with Crippen LogP contribution in [0.4, 0.5) is 0 Å². The lowest BCUT2D eigenvalue weighted by Gasteiger charge is -2.26. The summed E-state index contributed by atoms with van der Waals surface area (Å²) in [6.45, 7) is 2.91. The Hall–Kier alpha value is -3.02. The fourth-order valence-corrected chi connectivity index (χ4v) is 3.50. The summed E-state index contributed by atoms with van der Waals surface area (Å²) in [6.07, 6.45) is 3.58. The number of likely N-dealkylation sites (tertiary alicyclic amines) is 1. The highest BCUT2D eigenvalue weighted by molar-refractivity contribution is 5.94. The van der Waals surface area contributed by atoms with Gasteiger partial charge in [-0.3, -0.25) is 4.79 Å². The minimum Gasteiger partial charge on any atom is -0.332 e. The lowest BCUT2D eigenvalue weighted by Crippen LogP contribution is -2.30. The van der Waals surface area contributed by atoms with E-state index in [0.29, 0.717) is 5.56 Å². The Morgan fingerprint density at radius 3 is 2.64 bits per heavy atom. The van der Waals surface area contributed by atoms with Crippen molar-refractivity contribution in [3.63, 3.8) is 0 Å². The van der Waals surface area contributed by atoms with Crippen LogP contribution < -0.4 is 0 Å². The molecule has 1 fully saturated rings. The molecule has 0 bridgehead atoms. The number of benzene rings is 2. The summed E-state index contributed by atoms with van der Waals surface area (Å²) in [5.41, 5.74) is 4.01. The lowest BCUT2D eigenvalue weighted by atomic mass is 9.99. The molecule has 0 aliphatic carbocycles. The Balaban J connectivity index is 1.58. The molecule has 0 spiro atoms. The van der Waals surface area contributed by atoms with Crippen molar-refractivity contribution in [2.75, 3.05) is 6.54 Å². The molecule has 0 unspecified atom stereocenters. The first-order chi connectivity index (χ1) is 12.2. The molecule has 1 aliphatic heterocycles. The van der Waals surface area contributed by atoms with Crippen LogP contribution in [0.25, 0.3) is 5.69 Å². The zero-order valence-electron chi connectivity index (χ0n) is 14.0. The second-order valence-electron chi connectivity index (χ2n) is 6.31. The molecule has 1 aliphatic rings. The topological polar surface area (TPSA) is 63.9 Å². The standard InChI is InChI=1S/C19H19N5O/c1-14-5-2-3-6-17(14)18-7-4-12-23(18)19(25)15-8-10-16(11-9-15)24-13-20-21-22-24/h2-3,5-6,8-11,13,18H,4,7,12H2,1H3/t18-/m1/s1. The number of amides is 1. The van der Waals surface area contributed by atoms with Gasteiger partial charge in [0.05, 0.1) is 11.7 Å². The van der Waals surface area contributed by atoms with Gasteiger partial charge in [0.2, 0.25) is 0 Å². The SMILES string of the molecule is Cc1ccccc1[C@H]1CCCN1C(=O)c1ccc(-n2cnnn2)cc1. The number of carbonyl (C=O) groups excluding carboxylic acids is 1. The smallest absolute Gasteiger partial charge is 0.254 e. The molecule has 0 N–H and O–H groups in total. The van der Waals surface area contributed by atoms with Crippen molar-refractivity contribution in [3.05, 3.63) is 71.5 Å². The van der Waals surface area contributed by atoms with E-state index in [0.717, 1.165) is 25.1 Å². The first-order valence-electron chi connectivity index (χ1n) is 8.44. The minimum absolute atomic E-state index is 0.0778. The first-order valence-corrected chi connectivity index (χ1v) is 8.44. The largest absolute Gasteiger partial charge is 0.332 e. The molecule has 1 amide bonds. The maximum Gasteiger partial charge on any atom is 0.254 e. The highest BCUT2D eigenvalue weighted by atomic mass is 16.2. The maximum atomic E-state index is 13.0. The van der Waals surface area contributed by atoms with Crippen LogP contribution in [-0.2, 0) is 0 Å². The molecular weight excluding hydrogens is 314 g/mol. The van der Waals surface area contributed by atoms with Crippen LogP contribution in [0.2, 0.25) is 0 Å². The fraction of sp³-hybridized carbons (Fsp3) is 0.263. The van der Waals surface area contributed by atoms with Gasteiger partial charge < -0.3 is 4.90 Å². The maximum absolute atomic E-state index is 13.0. The van der Waals surface area contributed by atoms with Crippen LogP contribution >= 0.6 is 0 Å². The Morgan fingerprint density at radius 1 is 1.12 bits per heavy atom. The van der Waals surface area contributed by atoms with Crippen molar-refractivity contribution < 1.29 is 4.79 Å². The van der Waals surface area contributed by atoms with Crippen molar-refractivity contribution in [1.82, 2.24) is 25.1 Å². The molecule has 2 heterocycles. The fourth-order valence-electron chi connectivity index (χ4n) is 3.50. The molecule has 1 atom stereocenters. The monoisotopic (exact) mass is 333 g/mol. The number of nitrogens with zero attached hydrogens (tertiary/aromatic N) is 5. The third-order valence-electron chi connectivity index (χ3n) is 4.79. The summed E-state index contributed by atoms with van der Waals surface area (Å²) < 4.78 is 1.57. The van der Waals surface area contributed by atoms with Crippen LogP contribution in [-0.4, -0.2) is 37.6 Å². The Kier molecular flexibility index (Phi) is 4.01. The van der Waals surface area contributed by atoms with Gasteiger partial charge >= 0.3 is 0 Å². The van der Waals surface area contributed by atoms with Crippen molar-refractivity contribution in [2.45, 2.75) is 25.8 Å². The summed E-state index contributed by atoms with van der Waals surface area (Å²) >= 11 is 0. The Morgan fingerprint density at radius 2 is 1.92 bits per heavy atom. The normalized spacial score (nSPS) is 17.0. The van der Waals surface area contributed by atoms with Crippen LogP contribution in [0, 0.1) is 6.92 Å². The van der Waals surface area contributed by atoms with Crippen molar-refractivity contribution >= 4 is 5.91 Å². The summed E-state index contributed by atoms with van der Waals surface area (Å²) in [4.78, 5) is 15.0. The first kappa shape index (κ1) is 15.5. The molecule has 4 rings (SSSR count). The van der Waals surface area contributed by atoms with E-state index in [1.807, 2.05) is 41.3 Å². The number of carbonyl (C=O) groups is 1. The quantitative estimate of drug-likeness (QED) is 0.739. The van der Waals surface area contributed by atoms with Gasteiger partial charge in [-0.05, 0) is 65.6 Å².